The van der Waals surface area contributed by atoms with Gasteiger partial charge in [0.15, 0.2) is 5.82 Å². The monoisotopic (exact) mass is 307 g/mol. The molecule has 0 amide bonds. The second kappa shape index (κ2) is 6.31. The number of aromatic nitrogens is 3. The van der Waals surface area contributed by atoms with Gasteiger partial charge in [0.2, 0.25) is 0 Å². The number of para-hydroxylation sites is 1. The van der Waals surface area contributed by atoms with Crippen molar-refractivity contribution in [3.8, 4) is 23.4 Å². The summed E-state index contributed by atoms with van der Waals surface area (Å²) in [6.07, 6.45) is 1.82. The van der Waals surface area contributed by atoms with Gasteiger partial charge in [0.05, 0.1) is 5.52 Å². The number of pyridine rings is 1. The van der Waals surface area contributed by atoms with Crippen LogP contribution in [0.15, 0.2) is 79.0 Å². The molecule has 0 spiro atoms. The summed E-state index contributed by atoms with van der Waals surface area (Å²) in [5.74, 6) is 6.82. The van der Waals surface area contributed by atoms with Crippen LogP contribution in [0, 0.1) is 11.8 Å². The van der Waals surface area contributed by atoms with Crippen molar-refractivity contribution in [1.82, 2.24) is 15.0 Å². The molecule has 0 bridgehead atoms. The van der Waals surface area contributed by atoms with Crippen LogP contribution in [-0.4, -0.2) is 15.0 Å². The van der Waals surface area contributed by atoms with Gasteiger partial charge in [-0.05, 0) is 36.3 Å². The Morgan fingerprint density at radius 1 is 0.667 bits per heavy atom. The van der Waals surface area contributed by atoms with Gasteiger partial charge in [-0.25, -0.2) is 15.0 Å². The second-order valence-corrected chi connectivity index (χ2v) is 5.28. The first-order valence-electron chi connectivity index (χ1n) is 7.65. The van der Waals surface area contributed by atoms with Crippen molar-refractivity contribution >= 4 is 10.9 Å². The lowest BCUT2D eigenvalue weighted by Crippen LogP contribution is -1.94. The van der Waals surface area contributed by atoms with Gasteiger partial charge in [0, 0.05) is 17.1 Å². The van der Waals surface area contributed by atoms with Crippen LogP contribution >= 0.6 is 0 Å². The number of hydrogen-bond donors (Lipinski definition) is 0. The molecule has 0 radical (unpaired) electrons. The molecule has 4 rings (SSSR count). The summed E-state index contributed by atoms with van der Waals surface area (Å²) in [6, 6.07) is 23.5. The number of nitrogens with zero attached hydrogens (tertiary/aromatic N) is 3. The fourth-order valence-corrected chi connectivity index (χ4v) is 2.38. The molecule has 4 aromatic rings. The fraction of sp³-hybridized carbons (Fsp3) is 0. The lowest BCUT2D eigenvalue weighted by atomic mass is 10.2. The molecule has 0 saturated heterocycles. The van der Waals surface area contributed by atoms with Gasteiger partial charge in [-0.1, -0.05) is 48.4 Å². The van der Waals surface area contributed by atoms with E-state index in [1.54, 1.807) is 0 Å². The lowest BCUT2D eigenvalue weighted by molar-refractivity contribution is 1.17. The second-order valence-electron chi connectivity index (χ2n) is 5.28. The molecule has 2 heterocycles. The zero-order valence-corrected chi connectivity index (χ0v) is 12.8. The maximum atomic E-state index is 4.58. The number of hydrogen-bond acceptors (Lipinski definition) is 3. The molecule has 2 aromatic heterocycles. The fourth-order valence-electron chi connectivity index (χ4n) is 2.38. The molecule has 3 nitrogen and oxygen atoms in total. The Morgan fingerprint density at radius 2 is 1.50 bits per heavy atom. The van der Waals surface area contributed by atoms with Crippen molar-refractivity contribution in [2.24, 2.45) is 0 Å². The highest BCUT2D eigenvalue weighted by Gasteiger charge is 2.04. The number of fused-ring (bicyclic) bond motifs is 1. The summed E-state index contributed by atoms with van der Waals surface area (Å²) in [4.78, 5) is 13.6. The minimum atomic E-state index is 0.608. The molecule has 0 aliphatic rings. The zero-order chi connectivity index (χ0) is 16.2. The average Bonchev–Trinajstić information content (AvgIpc) is 2.67. The Morgan fingerprint density at radius 3 is 2.42 bits per heavy atom. The topological polar surface area (TPSA) is 38.7 Å². The largest absolute Gasteiger partial charge is 0.236 e. The molecule has 0 saturated carbocycles. The van der Waals surface area contributed by atoms with Crippen LogP contribution in [0.1, 0.15) is 11.3 Å². The van der Waals surface area contributed by atoms with Crippen molar-refractivity contribution in [1.29, 1.82) is 0 Å². The van der Waals surface area contributed by atoms with E-state index >= 15 is 0 Å². The van der Waals surface area contributed by atoms with Crippen molar-refractivity contribution < 1.29 is 0 Å². The number of rotatable bonds is 1. The number of benzene rings is 2. The Bertz CT molecular complexity index is 1060. The third-order valence-electron chi connectivity index (χ3n) is 3.58. The van der Waals surface area contributed by atoms with Crippen LogP contribution in [0.25, 0.3) is 22.4 Å². The highest BCUT2D eigenvalue weighted by molar-refractivity contribution is 5.79. The molecule has 0 aliphatic heterocycles. The van der Waals surface area contributed by atoms with Gasteiger partial charge in [-0.2, -0.15) is 0 Å². The predicted molar refractivity (Wildman–Crippen MR) is 95.2 cm³/mol. The minimum Gasteiger partial charge on any atom is -0.236 e. The average molecular weight is 307 g/mol. The van der Waals surface area contributed by atoms with Crippen LogP contribution in [0.2, 0.25) is 0 Å². The van der Waals surface area contributed by atoms with Gasteiger partial charge in [-0.15, -0.1) is 0 Å². The van der Waals surface area contributed by atoms with E-state index in [4.69, 9.17) is 0 Å². The molecular formula is C21H13N3. The third kappa shape index (κ3) is 2.99. The molecule has 0 N–H and O–H groups in total. The van der Waals surface area contributed by atoms with Crippen LogP contribution in [-0.2, 0) is 0 Å². The van der Waals surface area contributed by atoms with Crippen molar-refractivity contribution in [3.05, 3.63) is 90.3 Å². The Balaban J connectivity index is 1.70. The molecule has 112 valence electrons. The predicted octanol–water partition coefficient (Wildman–Crippen LogP) is 4.09. The summed E-state index contributed by atoms with van der Waals surface area (Å²) in [5.41, 5.74) is 3.30. The van der Waals surface area contributed by atoms with E-state index in [2.05, 4.69) is 26.8 Å². The molecular weight excluding hydrogens is 294 g/mol. The van der Waals surface area contributed by atoms with Crippen LogP contribution in [0.3, 0.4) is 0 Å². The maximum absolute atomic E-state index is 4.58. The van der Waals surface area contributed by atoms with Gasteiger partial charge < -0.3 is 0 Å². The third-order valence-corrected chi connectivity index (χ3v) is 3.58. The van der Waals surface area contributed by atoms with Crippen LogP contribution in [0.4, 0.5) is 0 Å². The Hall–Kier alpha value is -3.51. The summed E-state index contributed by atoms with van der Waals surface area (Å²) in [5, 5.41) is 1.02. The first-order chi connectivity index (χ1) is 11.9. The summed E-state index contributed by atoms with van der Waals surface area (Å²) >= 11 is 0. The summed E-state index contributed by atoms with van der Waals surface area (Å²) in [7, 11) is 0. The van der Waals surface area contributed by atoms with Crippen LogP contribution in [0.5, 0.6) is 0 Å². The van der Waals surface area contributed by atoms with Crippen molar-refractivity contribution in [2.75, 3.05) is 0 Å². The Labute approximate surface area is 140 Å². The van der Waals surface area contributed by atoms with E-state index < -0.39 is 0 Å². The lowest BCUT2D eigenvalue weighted by Gasteiger charge is -2.02. The van der Waals surface area contributed by atoms with E-state index in [1.165, 1.54) is 0 Å². The Kier molecular flexibility index (Phi) is 3.71. The smallest absolute Gasteiger partial charge is 0.178 e. The van der Waals surface area contributed by atoms with Gasteiger partial charge in [0.25, 0.3) is 0 Å². The minimum absolute atomic E-state index is 0.608. The molecule has 24 heavy (non-hydrogen) atoms. The highest BCUT2D eigenvalue weighted by atomic mass is 14.9. The quantitative estimate of drug-likeness (QED) is 0.497. The van der Waals surface area contributed by atoms with Crippen molar-refractivity contribution in [3.63, 3.8) is 0 Å². The SMILES string of the molecule is C(#Cc1cccc(-c2ncc3ccccc3n2)n1)c1ccccc1. The maximum Gasteiger partial charge on any atom is 0.178 e. The molecule has 0 unspecified atom stereocenters. The highest BCUT2D eigenvalue weighted by Crippen LogP contribution is 2.16. The van der Waals surface area contributed by atoms with Crippen molar-refractivity contribution in [2.45, 2.75) is 0 Å². The molecule has 0 atom stereocenters. The standard InChI is InChI=1S/C21H13N3/c1-2-7-16(8-3-1)13-14-18-10-6-12-20(23-18)21-22-15-17-9-4-5-11-19(17)24-21/h1-12,15H. The van der Waals surface area contributed by atoms with E-state index in [9.17, 15) is 0 Å². The van der Waals surface area contributed by atoms with Gasteiger partial charge in [-0.3, -0.25) is 0 Å². The first-order valence-corrected chi connectivity index (χ1v) is 7.65. The molecule has 2 aromatic carbocycles. The molecule has 0 aliphatic carbocycles. The van der Waals surface area contributed by atoms with E-state index in [-0.39, 0.29) is 0 Å². The van der Waals surface area contributed by atoms with E-state index in [0.29, 0.717) is 11.5 Å². The van der Waals surface area contributed by atoms with E-state index in [1.807, 2.05) is 79.0 Å². The molecule has 3 heteroatoms. The molecule has 0 fully saturated rings. The first kappa shape index (κ1) is 14.1. The summed E-state index contributed by atoms with van der Waals surface area (Å²) < 4.78 is 0. The van der Waals surface area contributed by atoms with Gasteiger partial charge in [0.1, 0.15) is 11.4 Å². The zero-order valence-electron chi connectivity index (χ0n) is 12.8. The normalized spacial score (nSPS) is 10.2. The summed E-state index contributed by atoms with van der Waals surface area (Å²) in [6.45, 7) is 0. The van der Waals surface area contributed by atoms with Crippen LogP contribution < -0.4 is 0 Å². The van der Waals surface area contributed by atoms with Gasteiger partial charge >= 0.3 is 0 Å². The van der Waals surface area contributed by atoms with E-state index in [0.717, 1.165) is 22.2 Å².